The third kappa shape index (κ3) is 2.57. The lowest BCUT2D eigenvalue weighted by atomic mass is 9.98. The fraction of sp³-hybridized carbons (Fsp3) is 0.391. The van der Waals surface area contributed by atoms with Gasteiger partial charge in [0.25, 0.3) is 5.91 Å². The predicted molar refractivity (Wildman–Crippen MR) is 105 cm³/mol. The lowest BCUT2D eigenvalue weighted by Gasteiger charge is -2.31. The van der Waals surface area contributed by atoms with Crippen LogP contribution in [0.2, 0.25) is 0 Å². The van der Waals surface area contributed by atoms with Gasteiger partial charge in [0.2, 0.25) is 5.91 Å². The molecule has 3 heterocycles. The molecule has 2 aromatic carbocycles. The highest BCUT2D eigenvalue weighted by Crippen LogP contribution is 2.46. The van der Waals surface area contributed by atoms with Crippen molar-refractivity contribution in [2.75, 3.05) is 19.7 Å². The number of aryl methyl sites for hydroxylation is 1. The summed E-state index contributed by atoms with van der Waals surface area (Å²) in [4.78, 5) is 29.6. The molecule has 0 aliphatic carbocycles. The predicted octanol–water partition coefficient (Wildman–Crippen LogP) is 2.76. The number of ether oxygens (including phenoxy) is 1. The summed E-state index contributed by atoms with van der Waals surface area (Å²) in [6.45, 7) is 3.91. The summed E-state index contributed by atoms with van der Waals surface area (Å²) in [7, 11) is 0. The Kier molecular flexibility index (Phi) is 4.02. The van der Waals surface area contributed by atoms with Gasteiger partial charge in [0.1, 0.15) is 0 Å². The lowest BCUT2D eigenvalue weighted by Crippen LogP contribution is -2.48. The van der Waals surface area contributed by atoms with E-state index < -0.39 is 5.72 Å². The second-order valence-corrected chi connectivity index (χ2v) is 8.03. The Morgan fingerprint density at radius 3 is 2.75 bits per heavy atom. The summed E-state index contributed by atoms with van der Waals surface area (Å²) in [6.07, 6.45) is 1.79. The van der Waals surface area contributed by atoms with Crippen LogP contribution in [0.1, 0.15) is 39.9 Å². The van der Waals surface area contributed by atoms with Gasteiger partial charge in [-0.15, -0.1) is 0 Å². The third-order valence-corrected chi connectivity index (χ3v) is 6.42. The highest BCUT2D eigenvalue weighted by molar-refractivity contribution is 5.97. The van der Waals surface area contributed by atoms with Gasteiger partial charge in [0.15, 0.2) is 5.72 Å². The van der Waals surface area contributed by atoms with E-state index >= 15 is 0 Å². The van der Waals surface area contributed by atoms with Gasteiger partial charge in [-0.3, -0.25) is 9.59 Å². The molecule has 0 saturated carbocycles. The zero-order valence-electron chi connectivity index (χ0n) is 16.1. The van der Waals surface area contributed by atoms with Gasteiger partial charge in [-0.2, -0.15) is 0 Å². The second-order valence-electron chi connectivity index (χ2n) is 8.03. The summed E-state index contributed by atoms with van der Waals surface area (Å²) < 4.78 is 6.02. The summed E-state index contributed by atoms with van der Waals surface area (Å²) >= 11 is 0. The Morgan fingerprint density at radius 1 is 1.14 bits per heavy atom. The molecule has 3 aliphatic heterocycles. The normalized spacial score (nSPS) is 25.9. The van der Waals surface area contributed by atoms with E-state index in [4.69, 9.17) is 4.74 Å². The van der Waals surface area contributed by atoms with Crippen molar-refractivity contribution in [2.45, 2.75) is 38.0 Å². The molecule has 5 heteroatoms. The number of nitrogens with zero attached hydrogens (tertiary/aromatic N) is 2. The summed E-state index contributed by atoms with van der Waals surface area (Å²) in [5.74, 6) is 0.114. The molecule has 5 rings (SSSR count). The third-order valence-electron chi connectivity index (χ3n) is 6.42. The van der Waals surface area contributed by atoms with E-state index in [1.165, 1.54) is 11.1 Å². The fourth-order valence-corrected chi connectivity index (χ4v) is 5.00. The van der Waals surface area contributed by atoms with Crippen LogP contribution in [0.15, 0.2) is 48.5 Å². The number of likely N-dealkylation sites (tertiary alicyclic amines) is 1. The van der Waals surface area contributed by atoms with Crippen molar-refractivity contribution < 1.29 is 14.3 Å². The standard InChI is InChI=1S/C23H24N2O3/c1-16-6-8-17(9-7-16)14-18-4-2-3-5-19(18)22(27)24-11-10-23-20(24)15-21(26)25(23)12-13-28-23/h2-9,20H,10-15H2,1H3/t20-,23+/m1/s1. The molecule has 28 heavy (non-hydrogen) atoms. The maximum absolute atomic E-state index is 13.5. The molecule has 5 nitrogen and oxygen atoms in total. The quantitative estimate of drug-likeness (QED) is 0.828. The molecule has 2 atom stereocenters. The molecule has 3 fully saturated rings. The topological polar surface area (TPSA) is 49.9 Å². The van der Waals surface area contributed by atoms with Gasteiger partial charge < -0.3 is 14.5 Å². The number of rotatable bonds is 3. The highest BCUT2D eigenvalue weighted by atomic mass is 16.5. The molecule has 0 bridgehead atoms. The average molecular weight is 376 g/mol. The van der Waals surface area contributed by atoms with E-state index in [9.17, 15) is 9.59 Å². The largest absolute Gasteiger partial charge is 0.351 e. The van der Waals surface area contributed by atoms with Crippen LogP contribution in [0.4, 0.5) is 0 Å². The Balaban J connectivity index is 1.43. The number of hydrogen-bond acceptors (Lipinski definition) is 3. The first-order valence-electron chi connectivity index (χ1n) is 9.97. The number of hydrogen-bond donors (Lipinski definition) is 0. The monoisotopic (exact) mass is 376 g/mol. The lowest BCUT2D eigenvalue weighted by molar-refractivity contribution is -0.136. The summed E-state index contributed by atoms with van der Waals surface area (Å²) in [5, 5.41) is 0. The van der Waals surface area contributed by atoms with Gasteiger partial charge in [0.05, 0.1) is 19.1 Å². The average Bonchev–Trinajstić information content (AvgIpc) is 3.35. The number of carbonyl (C=O) groups is 2. The molecule has 0 aromatic heterocycles. The van der Waals surface area contributed by atoms with Gasteiger partial charge in [-0.05, 0) is 30.5 Å². The minimum Gasteiger partial charge on any atom is -0.351 e. The van der Waals surface area contributed by atoms with Crippen molar-refractivity contribution in [3.05, 3.63) is 70.8 Å². The van der Waals surface area contributed by atoms with Crippen molar-refractivity contribution in [3.63, 3.8) is 0 Å². The molecular formula is C23H24N2O3. The summed E-state index contributed by atoms with van der Waals surface area (Å²) in [5.41, 5.74) is 3.57. The van der Waals surface area contributed by atoms with Gasteiger partial charge >= 0.3 is 0 Å². The fourth-order valence-electron chi connectivity index (χ4n) is 5.00. The molecular weight excluding hydrogens is 352 g/mol. The number of amides is 2. The molecule has 2 amide bonds. The van der Waals surface area contributed by atoms with Crippen molar-refractivity contribution in [2.24, 2.45) is 0 Å². The Hall–Kier alpha value is -2.66. The molecule has 3 aliphatic rings. The zero-order valence-corrected chi connectivity index (χ0v) is 16.1. The van der Waals surface area contributed by atoms with Crippen LogP contribution in [0.3, 0.4) is 0 Å². The number of benzene rings is 2. The maximum Gasteiger partial charge on any atom is 0.254 e. The molecule has 2 aromatic rings. The van der Waals surface area contributed by atoms with Crippen molar-refractivity contribution in [1.82, 2.24) is 9.80 Å². The molecule has 144 valence electrons. The van der Waals surface area contributed by atoms with Gasteiger partial charge in [-0.25, -0.2) is 0 Å². The van der Waals surface area contributed by atoms with Gasteiger partial charge in [0, 0.05) is 25.1 Å². The van der Waals surface area contributed by atoms with E-state index in [0.29, 0.717) is 39.0 Å². The maximum atomic E-state index is 13.5. The van der Waals surface area contributed by atoms with Crippen LogP contribution >= 0.6 is 0 Å². The Labute approximate surface area is 164 Å². The molecule has 0 N–H and O–H groups in total. The first kappa shape index (κ1) is 17.4. The number of carbonyl (C=O) groups excluding carboxylic acids is 2. The molecule has 3 saturated heterocycles. The van der Waals surface area contributed by atoms with E-state index in [-0.39, 0.29) is 17.9 Å². The minimum atomic E-state index is -0.585. The SMILES string of the molecule is Cc1ccc(Cc2ccccc2C(=O)N2CC[C@@]34OCCN3C(=O)C[C@@H]24)cc1. The van der Waals surface area contributed by atoms with E-state index in [0.717, 1.165) is 11.1 Å². The smallest absolute Gasteiger partial charge is 0.254 e. The van der Waals surface area contributed by atoms with Crippen molar-refractivity contribution in [3.8, 4) is 0 Å². The molecule has 0 radical (unpaired) electrons. The molecule has 0 unspecified atom stereocenters. The van der Waals surface area contributed by atoms with Crippen LogP contribution in [-0.2, 0) is 16.0 Å². The van der Waals surface area contributed by atoms with Crippen LogP contribution < -0.4 is 0 Å². The van der Waals surface area contributed by atoms with Crippen LogP contribution in [-0.4, -0.2) is 53.1 Å². The zero-order chi connectivity index (χ0) is 19.3. The highest BCUT2D eigenvalue weighted by Gasteiger charge is 2.62. The van der Waals surface area contributed by atoms with Crippen molar-refractivity contribution in [1.29, 1.82) is 0 Å². The Bertz CT molecular complexity index is 939. The van der Waals surface area contributed by atoms with Crippen molar-refractivity contribution >= 4 is 11.8 Å². The van der Waals surface area contributed by atoms with E-state index in [1.54, 1.807) is 0 Å². The van der Waals surface area contributed by atoms with E-state index in [2.05, 4.69) is 31.2 Å². The van der Waals surface area contributed by atoms with Crippen LogP contribution in [0.5, 0.6) is 0 Å². The summed E-state index contributed by atoms with van der Waals surface area (Å²) in [6, 6.07) is 16.1. The van der Waals surface area contributed by atoms with Crippen LogP contribution in [0, 0.1) is 6.92 Å². The first-order valence-corrected chi connectivity index (χ1v) is 9.97. The first-order chi connectivity index (χ1) is 13.6. The van der Waals surface area contributed by atoms with Crippen LogP contribution in [0.25, 0.3) is 0 Å². The minimum absolute atomic E-state index is 0.00902. The Morgan fingerprint density at radius 2 is 1.93 bits per heavy atom. The second kappa shape index (κ2) is 6.45. The molecule has 1 spiro atoms. The van der Waals surface area contributed by atoms with E-state index in [1.807, 2.05) is 34.1 Å². The van der Waals surface area contributed by atoms with Gasteiger partial charge in [-0.1, -0.05) is 48.0 Å².